The zero-order valence-electron chi connectivity index (χ0n) is 7.40. The highest BCUT2D eigenvalue weighted by atomic mass is 16.5. The number of rotatable bonds is 0. The molecule has 0 aromatic heterocycles. The van der Waals surface area contributed by atoms with Crippen LogP contribution in [-0.4, -0.2) is 41.4 Å². The van der Waals surface area contributed by atoms with Gasteiger partial charge in [-0.25, -0.2) is 0 Å². The molecule has 2 unspecified atom stereocenters. The summed E-state index contributed by atoms with van der Waals surface area (Å²) in [7, 11) is 0. The molecule has 1 saturated heterocycles. The molecule has 0 amide bonds. The van der Waals surface area contributed by atoms with Gasteiger partial charge in [0.25, 0.3) is 0 Å². The van der Waals surface area contributed by atoms with Crippen molar-refractivity contribution in [2.24, 2.45) is 10.9 Å². The summed E-state index contributed by atoms with van der Waals surface area (Å²) in [5.41, 5.74) is 5.47. The van der Waals surface area contributed by atoms with Crippen LogP contribution in [0.1, 0.15) is 13.8 Å². The number of oxime groups is 1. The van der Waals surface area contributed by atoms with Gasteiger partial charge in [-0.15, -0.1) is 0 Å². The van der Waals surface area contributed by atoms with Gasteiger partial charge in [0, 0.05) is 6.54 Å². The second kappa shape index (κ2) is 3.62. The van der Waals surface area contributed by atoms with Crippen molar-refractivity contribution in [3.63, 3.8) is 0 Å². The predicted molar refractivity (Wildman–Crippen MR) is 45.0 cm³/mol. The van der Waals surface area contributed by atoms with E-state index in [1.165, 1.54) is 0 Å². The lowest BCUT2D eigenvalue weighted by Crippen LogP contribution is -2.53. The third kappa shape index (κ3) is 1.61. The average Bonchev–Trinajstić information content (AvgIpc) is 2.08. The molecule has 1 heterocycles. The summed E-state index contributed by atoms with van der Waals surface area (Å²) in [5, 5.41) is 11.4. The van der Waals surface area contributed by atoms with Gasteiger partial charge in [0.1, 0.15) is 0 Å². The van der Waals surface area contributed by atoms with Crippen LogP contribution >= 0.6 is 0 Å². The van der Waals surface area contributed by atoms with Gasteiger partial charge in [-0.1, -0.05) is 5.16 Å². The highest BCUT2D eigenvalue weighted by molar-refractivity contribution is 5.77. The molecule has 0 aromatic carbocycles. The van der Waals surface area contributed by atoms with Gasteiger partial charge in [0.2, 0.25) is 5.96 Å². The minimum absolute atomic E-state index is 0.124. The van der Waals surface area contributed by atoms with Crippen LogP contribution in [0, 0.1) is 0 Å². The summed E-state index contributed by atoms with van der Waals surface area (Å²) < 4.78 is 5.38. The number of nitrogens with two attached hydrogens (primary N) is 1. The summed E-state index contributed by atoms with van der Waals surface area (Å²) in [5.74, 6) is 0.164. The lowest BCUT2D eigenvalue weighted by atomic mass is 10.1. The Morgan fingerprint density at radius 3 is 2.92 bits per heavy atom. The molecule has 70 valence electrons. The average molecular weight is 173 g/mol. The van der Waals surface area contributed by atoms with E-state index in [9.17, 15) is 0 Å². The van der Waals surface area contributed by atoms with E-state index in [-0.39, 0.29) is 18.1 Å². The van der Waals surface area contributed by atoms with Gasteiger partial charge in [-0.2, -0.15) is 0 Å². The van der Waals surface area contributed by atoms with Crippen LogP contribution in [0.3, 0.4) is 0 Å². The molecule has 0 bridgehead atoms. The van der Waals surface area contributed by atoms with Crippen LogP contribution in [0.15, 0.2) is 5.16 Å². The molecule has 0 saturated carbocycles. The summed E-state index contributed by atoms with van der Waals surface area (Å²) in [4.78, 5) is 1.83. The summed E-state index contributed by atoms with van der Waals surface area (Å²) in [6.07, 6.45) is 0.124. The molecule has 5 nitrogen and oxygen atoms in total. The number of ether oxygens (including phenoxy) is 1. The largest absolute Gasteiger partial charge is 0.408 e. The van der Waals surface area contributed by atoms with Crippen molar-refractivity contribution >= 4 is 5.96 Å². The molecule has 1 aliphatic heterocycles. The third-order valence-corrected chi connectivity index (χ3v) is 2.28. The van der Waals surface area contributed by atoms with E-state index in [0.717, 1.165) is 0 Å². The Bertz CT molecular complexity index is 183. The molecule has 1 fully saturated rings. The third-order valence-electron chi connectivity index (χ3n) is 2.28. The first-order valence-corrected chi connectivity index (χ1v) is 4.02. The standard InChI is InChI=1S/C7H15N3O2/c1-5-6(2)12-4-3-10(5)7(8)9-11/h5-6,11H,3-4H2,1-2H3,(H2,8,9). The highest BCUT2D eigenvalue weighted by Crippen LogP contribution is 2.12. The maximum Gasteiger partial charge on any atom is 0.233 e. The Hall–Kier alpha value is -0.970. The molecule has 5 heteroatoms. The molecule has 0 spiro atoms. The van der Waals surface area contributed by atoms with Crippen molar-refractivity contribution in [2.45, 2.75) is 26.0 Å². The van der Waals surface area contributed by atoms with Crippen molar-refractivity contribution in [3.8, 4) is 0 Å². The van der Waals surface area contributed by atoms with E-state index in [2.05, 4.69) is 5.16 Å². The van der Waals surface area contributed by atoms with Crippen LogP contribution in [0.4, 0.5) is 0 Å². The van der Waals surface area contributed by atoms with Crippen LogP contribution in [-0.2, 0) is 4.74 Å². The van der Waals surface area contributed by atoms with Crippen molar-refractivity contribution in [3.05, 3.63) is 0 Å². The van der Waals surface area contributed by atoms with E-state index < -0.39 is 0 Å². The SMILES string of the molecule is CC1OCCN(/C(N)=N/O)C1C. The fourth-order valence-electron chi connectivity index (χ4n) is 1.31. The first-order chi connectivity index (χ1) is 5.66. The molecule has 0 radical (unpaired) electrons. The lowest BCUT2D eigenvalue weighted by molar-refractivity contribution is -0.0298. The van der Waals surface area contributed by atoms with Crippen molar-refractivity contribution in [2.75, 3.05) is 13.2 Å². The zero-order valence-corrected chi connectivity index (χ0v) is 7.40. The monoisotopic (exact) mass is 173 g/mol. The fourth-order valence-corrected chi connectivity index (χ4v) is 1.31. The second-order valence-corrected chi connectivity index (χ2v) is 2.97. The van der Waals surface area contributed by atoms with Crippen LogP contribution in [0.2, 0.25) is 0 Å². The molecular formula is C7H15N3O2. The molecular weight excluding hydrogens is 158 g/mol. The Labute approximate surface area is 71.8 Å². The first-order valence-electron chi connectivity index (χ1n) is 4.02. The number of morpholine rings is 1. The summed E-state index contributed by atoms with van der Waals surface area (Å²) >= 11 is 0. The highest BCUT2D eigenvalue weighted by Gasteiger charge is 2.26. The smallest absolute Gasteiger partial charge is 0.233 e. The van der Waals surface area contributed by atoms with Gasteiger partial charge in [-0.3, -0.25) is 0 Å². The molecule has 0 aromatic rings. The van der Waals surface area contributed by atoms with E-state index in [4.69, 9.17) is 15.7 Å². The lowest BCUT2D eigenvalue weighted by Gasteiger charge is -2.37. The maximum atomic E-state index is 8.47. The number of hydrogen-bond donors (Lipinski definition) is 2. The minimum Gasteiger partial charge on any atom is -0.408 e. The summed E-state index contributed by atoms with van der Waals surface area (Å²) in [6, 6.07) is 0.162. The van der Waals surface area contributed by atoms with Crippen LogP contribution in [0.5, 0.6) is 0 Å². The molecule has 1 rings (SSSR count). The normalized spacial score (nSPS) is 32.2. The topological polar surface area (TPSA) is 71.1 Å². The van der Waals surface area contributed by atoms with Crippen molar-refractivity contribution < 1.29 is 9.94 Å². The van der Waals surface area contributed by atoms with Crippen LogP contribution in [0.25, 0.3) is 0 Å². The van der Waals surface area contributed by atoms with Gasteiger partial charge >= 0.3 is 0 Å². The quantitative estimate of drug-likeness (QED) is 0.230. The van der Waals surface area contributed by atoms with E-state index in [0.29, 0.717) is 13.2 Å². The predicted octanol–water partition coefficient (Wildman–Crippen LogP) is -0.201. The van der Waals surface area contributed by atoms with Gasteiger partial charge < -0.3 is 20.6 Å². The zero-order chi connectivity index (χ0) is 9.14. The Kier molecular flexibility index (Phi) is 2.75. The molecule has 3 N–H and O–H groups in total. The summed E-state index contributed by atoms with van der Waals surface area (Å²) in [6.45, 7) is 5.27. The van der Waals surface area contributed by atoms with Gasteiger partial charge in [-0.05, 0) is 13.8 Å². The van der Waals surface area contributed by atoms with Gasteiger partial charge in [0.15, 0.2) is 0 Å². The fraction of sp³-hybridized carbons (Fsp3) is 0.857. The van der Waals surface area contributed by atoms with E-state index in [1.54, 1.807) is 0 Å². The Morgan fingerprint density at radius 1 is 1.67 bits per heavy atom. The van der Waals surface area contributed by atoms with Crippen molar-refractivity contribution in [1.82, 2.24) is 4.90 Å². The van der Waals surface area contributed by atoms with E-state index >= 15 is 0 Å². The second-order valence-electron chi connectivity index (χ2n) is 2.97. The minimum atomic E-state index is 0.124. The van der Waals surface area contributed by atoms with E-state index in [1.807, 2.05) is 18.7 Å². The molecule has 2 atom stereocenters. The Morgan fingerprint density at radius 2 is 2.33 bits per heavy atom. The maximum absolute atomic E-state index is 8.47. The van der Waals surface area contributed by atoms with Crippen LogP contribution < -0.4 is 5.73 Å². The number of nitrogens with zero attached hydrogens (tertiary/aromatic N) is 2. The Balaban J connectivity index is 2.64. The molecule has 12 heavy (non-hydrogen) atoms. The number of hydrogen-bond acceptors (Lipinski definition) is 3. The molecule has 1 aliphatic rings. The number of guanidine groups is 1. The molecule has 0 aliphatic carbocycles. The first kappa shape index (κ1) is 9.12. The van der Waals surface area contributed by atoms with Gasteiger partial charge in [0.05, 0.1) is 18.8 Å². The van der Waals surface area contributed by atoms with Crippen molar-refractivity contribution in [1.29, 1.82) is 0 Å².